The molecule has 6 heteroatoms. The average Bonchev–Trinajstić information content (AvgIpc) is 2.60. The van der Waals surface area contributed by atoms with E-state index in [1.807, 2.05) is 0 Å². The van der Waals surface area contributed by atoms with Crippen molar-refractivity contribution in [3.63, 3.8) is 0 Å². The van der Waals surface area contributed by atoms with Gasteiger partial charge in [-0.25, -0.2) is 4.98 Å². The highest BCUT2D eigenvalue weighted by atomic mass is 35.5. The van der Waals surface area contributed by atoms with Gasteiger partial charge in [-0.1, -0.05) is 6.92 Å². The van der Waals surface area contributed by atoms with Crippen molar-refractivity contribution >= 4 is 28.6 Å². The Morgan fingerprint density at radius 2 is 2.31 bits per heavy atom. The number of hydrogen-bond donors (Lipinski definition) is 1. The van der Waals surface area contributed by atoms with Gasteiger partial charge in [0, 0.05) is 12.5 Å². The third kappa shape index (κ3) is 2.26. The highest BCUT2D eigenvalue weighted by Crippen LogP contribution is 2.31. The summed E-state index contributed by atoms with van der Waals surface area (Å²) in [7, 11) is 0. The maximum absolute atomic E-state index is 11.8. The van der Waals surface area contributed by atoms with Crippen molar-refractivity contribution in [2.45, 2.75) is 37.6 Å². The predicted octanol–water partition coefficient (Wildman–Crippen LogP) is 2.00. The molecule has 2 atom stereocenters. The summed E-state index contributed by atoms with van der Waals surface area (Å²) in [5.41, 5.74) is 0.823. The van der Waals surface area contributed by atoms with Crippen LogP contribution in [0.3, 0.4) is 0 Å². The summed E-state index contributed by atoms with van der Waals surface area (Å²) in [5.74, 6) is 1.26. The van der Waals surface area contributed by atoms with E-state index in [2.05, 4.69) is 29.1 Å². The monoisotopic (exact) mass is 259 g/mol. The van der Waals surface area contributed by atoms with Crippen molar-refractivity contribution in [3.8, 4) is 0 Å². The molecule has 0 aromatic carbocycles. The molecular formula is C10H14ClN3OS. The Hall–Kier alpha value is -0.520. The van der Waals surface area contributed by atoms with E-state index < -0.39 is 11.2 Å². The molecular weight excluding hydrogens is 246 g/mol. The summed E-state index contributed by atoms with van der Waals surface area (Å²) >= 11 is 4.86. The minimum absolute atomic E-state index is 0.225. The first-order valence-electron chi connectivity index (χ1n) is 5.33. The fourth-order valence-corrected chi connectivity index (χ4v) is 3.10. The number of nitrogens with zero attached hydrogens (tertiary/aromatic N) is 2. The molecule has 0 saturated heterocycles. The van der Waals surface area contributed by atoms with E-state index in [-0.39, 0.29) is 11.3 Å². The molecule has 0 fully saturated rings. The molecule has 88 valence electrons. The van der Waals surface area contributed by atoms with Crippen molar-refractivity contribution in [2.24, 2.45) is 0 Å². The molecule has 0 radical (unpaired) electrons. The summed E-state index contributed by atoms with van der Waals surface area (Å²) in [4.78, 5) is 8.99. The molecule has 0 saturated carbocycles. The van der Waals surface area contributed by atoms with Gasteiger partial charge in [0.15, 0.2) is 5.82 Å². The molecule has 1 aromatic heterocycles. The minimum atomic E-state index is -0.982. The van der Waals surface area contributed by atoms with Crippen molar-refractivity contribution in [1.82, 2.24) is 9.97 Å². The van der Waals surface area contributed by atoms with Crippen LogP contribution in [0.5, 0.6) is 0 Å². The highest BCUT2D eigenvalue weighted by Gasteiger charge is 2.31. The first-order valence-corrected chi connectivity index (χ1v) is 7.02. The second kappa shape index (κ2) is 4.77. The van der Waals surface area contributed by atoms with Gasteiger partial charge in [-0.15, -0.1) is 0 Å². The van der Waals surface area contributed by atoms with E-state index in [1.54, 1.807) is 0 Å². The van der Waals surface area contributed by atoms with Gasteiger partial charge in [-0.2, -0.15) is 4.98 Å². The molecule has 1 unspecified atom stereocenters. The van der Waals surface area contributed by atoms with Crippen molar-refractivity contribution < 1.29 is 4.55 Å². The van der Waals surface area contributed by atoms with Gasteiger partial charge in [0.1, 0.15) is 11.4 Å². The number of anilines is 1. The Balaban J connectivity index is 2.36. The molecule has 0 spiro atoms. The molecule has 16 heavy (non-hydrogen) atoms. The van der Waals surface area contributed by atoms with Crippen LogP contribution < -0.4 is 5.32 Å². The Kier molecular flexibility index (Phi) is 3.56. The number of fused-ring (bicyclic) bond motifs is 1. The Morgan fingerprint density at radius 3 is 3.00 bits per heavy atom. The van der Waals surface area contributed by atoms with E-state index >= 15 is 0 Å². The lowest BCUT2D eigenvalue weighted by Gasteiger charge is -2.14. The summed E-state index contributed by atoms with van der Waals surface area (Å²) in [6.07, 6.45) is 1.70. The number of nitrogens with one attached hydrogen (secondary N) is 1. The molecule has 1 aliphatic rings. The van der Waals surface area contributed by atoms with Crippen LogP contribution in [-0.4, -0.2) is 26.3 Å². The quantitative estimate of drug-likeness (QED) is 0.666. The van der Waals surface area contributed by atoms with Crippen LogP contribution >= 0.6 is 11.6 Å². The predicted molar refractivity (Wildman–Crippen MR) is 65.4 cm³/mol. The first kappa shape index (κ1) is 12.0. The van der Waals surface area contributed by atoms with Crippen LogP contribution in [0.15, 0.2) is 4.90 Å². The van der Waals surface area contributed by atoms with Crippen molar-refractivity contribution in [1.29, 1.82) is 0 Å². The van der Waals surface area contributed by atoms with Crippen LogP contribution in [0, 0.1) is 0 Å². The second-order valence-corrected chi connectivity index (χ2v) is 5.72. The number of hydrogen-bond acceptors (Lipinski definition) is 4. The maximum Gasteiger partial charge on any atom is 0.224 e. The van der Waals surface area contributed by atoms with Gasteiger partial charge >= 0.3 is 0 Å². The zero-order valence-corrected chi connectivity index (χ0v) is 10.9. The second-order valence-electron chi connectivity index (χ2n) is 3.87. The fourth-order valence-electron chi connectivity index (χ4n) is 1.60. The molecule has 2 heterocycles. The first-order chi connectivity index (χ1) is 7.61. The molecule has 2 rings (SSSR count). The Labute approximate surface area is 103 Å². The lowest BCUT2D eigenvalue weighted by Crippen LogP contribution is -2.17. The maximum atomic E-state index is 11.8. The van der Waals surface area contributed by atoms with E-state index in [4.69, 9.17) is 11.6 Å². The smallest absolute Gasteiger partial charge is 0.224 e. The Bertz CT molecular complexity index is 402. The number of rotatable bonds is 3. The fraction of sp³-hybridized carbons (Fsp3) is 0.600. The van der Waals surface area contributed by atoms with E-state index in [0.29, 0.717) is 11.6 Å². The van der Waals surface area contributed by atoms with E-state index in [9.17, 15) is 4.55 Å². The van der Waals surface area contributed by atoms with Gasteiger partial charge in [-0.05, 0) is 36.1 Å². The molecule has 1 N–H and O–H groups in total. The van der Waals surface area contributed by atoms with E-state index in [0.717, 1.165) is 23.4 Å². The highest BCUT2D eigenvalue weighted by molar-refractivity contribution is 7.91. The number of aryl methyl sites for hydroxylation is 1. The lowest BCUT2D eigenvalue weighted by molar-refractivity contribution is 0.598. The molecule has 0 bridgehead atoms. The number of halogens is 1. The summed E-state index contributed by atoms with van der Waals surface area (Å²) < 4.78 is 11.8. The van der Waals surface area contributed by atoms with Gasteiger partial charge in [-0.3, -0.25) is 0 Å². The average molecular weight is 260 g/mol. The molecule has 4 nitrogen and oxygen atoms in total. The SMILES string of the molecule is CC[C@H](C)Nc1nc(Cl)nc2c1[S+]([O-])CC2. The number of aromatic nitrogens is 2. The summed E-state index contributed by atoms with van der Waals surface area (Å²) in [6.45, 7) is 4.14. The largest absolute Gasteiger partial charge is 0.611 e. The zero-order chi connectivity index (χ0) is 11.7. The van der Waals surface area contributed by atoms with E-state index in [1.165, 1.54) is 0 Å². The minimum Gasteiger partial charge on any atom is -0.611 e. The van der Waals surface area contributed by atoms with Crippen LogP contribution in [0.2, 0.25) is 5.28 Å². The van der Waals surface area contributed by atoms with Crippen LogP contribution in [0.1, 0.15) is 26.0 Å². The molecule has 1 aromatic rings. The van der Waals surface area contributed by atoms with Gasteiger partial charge in [0.25, 0.3) is 0 Å². The lowest BCUT2D eigenvalue weighted by atomic mass is 10.2. The molecule has 0 aliphatic carbocycles. The van der Waals surface area contributed by atoms with Crippen LogP contribution in [-0.2, 0) is 17.6 Å². The van der Waals surface area contributed by atoms with Gasteiger partial charge < -0.3 is 9.87 Å². The summed E-state index contributed by atoms with van der Waals surface area (Å²) in [6, 6.07) is 0.285. The van der Waals surface area contributed by atoms with Gasteiger partial charge in [0.2, 0.25) is 10.2 Å². The van der Waals surface area contributed by atoms with Crippen molar-refractivity contribution in [3.05, 3.63) is 11.0 Å². The van der Waals surface area contributed by atoms with Crippen LogP contribution in [0.4, 0.5) is 5.82 Å². The third-order valence-corrected chi connectivity index (χ3v) is 4.28. The van der Waals surface area contributed by atoms with Crippen molar-refractivity contribution in [2.75, 3.05) is 11.1 Å². The van der Waals surface area contributed by atoms with Crippen LogP contribution in [0.25, 0.3) is 0 Å². The Morgan fingerprint density at radius 1 is 1.56 bits per heavy atom. The normalized spacial score (nSPS) is 20.6. The molecule has 0 amide bonds. The standard InChI is InChI=1S/C10H14ClN3OS/c1-3-6(2)12-9-8-7(4-5-16(8)15)13-10(11)14-9/h6H,3-5H2,1-2H3,(H,12,13,14)/t6-,16?/m0/s1. The zero-order valence-electron chi connectivity index (χ0n) is 9.29. The molecule has 1 aliphatic heterocycles. The van der Waals surface area contributed by atoms with Gasteiger partial charge in [0.05, 0.1) is 0 Å². The summed E-state index contributed by atoms with van der Waals surface area (Å²) in [5, 5.41) is 3.46. The topological polar surface area (TPSA) is 60.9 Å². The third-order valence-electron chi connectivity index (χ3n) is 2.66.